The summed E-state index contributed by atoms with van der Waals surface area (Å²) in [6.45, 7) is 5.08. The van der Waals surface area contributed by atoms with Crippen LogP contribution in [0.2, 0.25) is 0 Å². The first-order chi connectivity index (χ1) is 17.2. The van der Waals surface area contributed by atoms with Crippen LogP contribution in [0, 0.1) is 0 Å². The standard InChI is InChI=1S/C29H26N4OS/c1-2-20-11-8-14-26-27(20)31-29(35-26)33-17-15-32(16-18-33)28(34)23-19-25(21-9-4-3-5-10-21)30-24-13-7-6-12-22(23)24/h3-14,19H,2,15-18H2,1H3. The number of aromatic nitrogens is 2. The summed E-state index contributed by atoms with van der Waals surface area (Å²) in [6, 6.07) is 26.3. The number of nitrogens with zero attached hydrogens (tertiary/aromatic N) is 4. The van der Waals surface area contributed by atoms with Gasteiger partial charge in [-0.2, -0.15) is 0 Å². The van der Waals surface area contributed by atoms with Crippen molar-refractivity contribution in [1.29, 1.82) is 0 Å². The van der Waals surface area contributed by atoms with Gasteiger partial charge in [-0.05, 0) is 30.2 Å². The molecular weight excluding hydrogens is 452 g/mol. The molecule has 0 radical (unpaired) electrons. The Morgan fingerprint density at radius 1 is 0.886 bits per heavy atom. The zero-order valence-corrected chi connectivity index (χ0v) is 20.5. The molecule has 0 unspecified atom stereocenters. The Labute approximate surface area is 208 Å². The molecule has 5 nitrogen and oxygen atoms in total. The van der Waals surface area contributed by atoms with E-state index in [4.69, 9.17) is 9.97 Å². The molecule has 6 rings (SSSR count). The lowest BCUT2D eigenvalue weighted by Crippen LogP contribution is -2.48. The van der Waals surface area contributed by atoms with Gasteiger partial charge in [-0.25, -0.2) is 9.97 Å². The van der Waals surface area contributed by atoms with Crippen LogP contribution in [0.3, 0.4) is 0 Å². The third-order valence-corrected chi connectivity index (χ3v) is 7.81. The topological polar surface area (TPSA) is 49.3 Å². The van der Waals surface area contributed by atoms with Crippen molar-refractivity contribution in [3.8, 4) is 11.3 Å². The molecule has 1 aliphatic rings. The molecule has 0 saturated carbocycles. The number of rotatable bonds is 4. The van der Waals surface area contributed by atoms with E-state index < -0.39 is 0 Å². The summed E-state index contributed by atoms with van der Waals surface area (Å²) in [6.07, 6.45) is 0.980. The average molecular weight is 479 g/mol. The predicted molar refractivity (Wildman–Crippen MR) is 144 cm³/mol. The molecule has 3 heterocycles. The molecule has 0 spiro atoms. The van der Waals surface area contributed by atoms with Gasteiger partial charge < -0.3 is 9.80 Å². The second kappa shape index (κ2) is 9.12. The van der Waals surface area contributed by atoms with Crippen molar-refractivity contribution in [3.05, 3.63) is 90.0 Å². The lowest BCUT2D eigenvalue weighted by Gasteiger charge is -2.34. The van der Waals surface area contributed by atoms with Gasteiger partial charge >= 0.3 is 0 Å². The lowest BCUT2D eigenvalue weighted by atomic mass is 10.0. The fraction of sp³-hybridized carbons (Fsp3) is 0.207. The number of aryl methyl sites for hydroxylation is 1. The molecule has 0 bridgehead atoms. The summed E-state index contributed by atoms with van der Waals surface area (Å²) < 4.78 is 1.23. The summed E-state index contributed by atoms with van der Waals surface area (Å²) in [7, 11) is 0. The summed E-state index contributed by atoms with van der Waals surface area (Å²) in [5, 5.41) is 1.95. The van der Waals surface area contributed by atoms with Crippen molar-refractivity contribution in [1.82, 2.24) is 14.9 Å². The normalized spacial score (nSPS) is 14.1. The minimum Gasteiger partial charge on any atom is -0.345 e. The van der Waals surface area contributed by atoms with Crippen LogP contribution >= 0.6 is 11.3 Å². The predicted octanol–water partition coefficient (Wildman–Crippen LogP) is 6.04. The van der Waals surface area contributed by atoms with Crippen LogP contribution in [0.15, 0.2) is 78.9 Å². The Morgan fingerprint density at radius 3 is 2.46 bits per heavy atom. The molecule has 5 aromatic rings. The van der Waals surface area contributed by atoms with Crippen LogP contribution in [0.1, 0.15) is 22.8 Å². The van der Waals surface area contributed by atoms with E-state index >= 15 is 0 Å². The molecule has 1 saturated heterocycles. The van der Waals surface area contributed by atoms with Gasteiger partial charge in [-0.3, -0.25) is 4.79 Å². The van der Waals surface area contributed by atoms with E-state index in [1.54, 1.807) is 11.3 Å². The molecule has 0 atom stereocenters. The average Bonchev–Trinajstić information content (AvgIpc) is 3.37. The van der Waals surface area contributed by atoms with Gasteiger partial charge in [0.15, 0.2) is 5.13 Å². The number of piperazine rings is 1. The third kappa shape index (κ3) is 4.04. The van der Waals surface area contributed by atoms with Crippen LogP contribution in [0.5, 0.6) is 0 Å². The molecular formula is C29H26N4OS. The number of para-hydroxylation sites is 2. The fourth-order valence-electron chi connectivity index (χ4n) is 4.79. The molecule has 3 aromatic carbocycles. The molecule has 1 aliphatic heterocycles. The zero-order chi connectivity index (χ0) is 23.8. The first kappa shape index (κ1) is 21.7. The molecule has 1 fully saturated rings. The summed E-state index contributed by atoms with van der Waals surface area (Å²) >= 11 is 1.74. The maximum Gasteiger partial charge on any atom is 0.254 e. The SMILES string of the molecule is CCc1cccc2sc(N3CCN(C(=O)c4cc(-c5ccccc5)nc5ccccc45)CC3)nc12. The highest BCUT2D eigenvalue weighted by Crippen LogP contribution is 2.32. The number of carbonyl (C=O) groups is 1. The number of hydrogen-bond acceptors (Lipinski definition) is 5. The second-order valence-corrected chi connectivity index (χ2v) is 9.84. The van der Waals surface area contributed by atoms with Crippen molar-refractivity contribution in [2.45, 2.75) is 13.3 Å². The molecule has 6 heteroatoms. The van der Waals surface area contributed by atoms with E-state index in [0.29, 0.717) is 13.1 Å². The number of anilines is 1. The number of carbonyl (C=O) groups excluding carboxylic acids is 1. The third-order valence-electron chi connectivity index (χ3n) is 6.73. The first-order valence-corrected chi connectivity index (χ1v) is 12.9. The highest BCUT2D eigenvalue weighted by atomic mass is 32.1. The number of amides is 1. The van der Waals surface area contributed by atoms with Crippen molar-refractivity contribution in [2.24, 2.45) is 0 Å². The fourth-order valence-corrected chi connectivity index (χ4v) is 5.86. The molecule has 0 aliphatic carbocycles. The van der Waals surface area contributed by atoms with Gasteiger partial charge in [-0.15, -0.1) is 0 Å². The Balaban J connectivity index is 1.26. The van der Waals surface area contributed by atoms with Crippen molar-refractivity contribution < 1.29 is 4.79 Å². The molecule has 174 valence electrons. The van der Waals surface area contributed by atoms with Gasteiger partial charge in [0.25, 0.3) is 5.91 Å². The quantitative estimate of drug-likeness (QED) is 0.316. The van der Waals surface area contributed by atoms with Crippen molar-refractivity contribution >= 4 is 43.5 Å². The van der Waals surface area contributed by atoms with Crippen molar-refractivity contribution in [3.63, 3.8) is 0 Å². The van der Waals surface area contributed by atoms with E-state index in [0.717, 1.165) is 57.9 Å². The monoisotopic (exact) mass is 478 g/mol. The Morgan fingerprint density at radius 2 is 1.66 bits per heavy atom. The number of benzene rings is 3. The highest BCUT2D eigenvalue weighted by molar-refractivity contribution is 7.22. The minimum atomic E-state index is 0.0676. The van der Waals surface area contributed by atoms with E-state index in [2.05, 4.69) is 30.0 Å². The second-order valence-electron chi connectivity index (χ2n) is 8.83. The van der Waals surface area contributed by atoms with Crippen LogP contribution in [0.4, 0.5) is 5.13 Å². The number of thiazole rings is 1. The first-order valence-electron chi connectivity index (χ1n) is 12.1. The van der Waals surface area contributed by atoms with Gasteiger partial charge in [0.1, 0.15) is 0 Å². The van der Waals surface area contributed by atoms with E-state index in [1.165, 1.54) is 10.3 Å². The number of fused-ring (bicyclic) bond motifs is 2. The number of hydrogen-bond donors (Lipinski definition) is 0. The zero-order valence-electron chi connectivity index (χ0n) is 19.6. The maximum atomic E-state index is 13.7. The van der Waals surface area contributed by atoms with Gasteiger partial charge in [-0.1, -0.05) is 78.9 Å². The van der Waals surface area contributed by atoms with Crippen LogP contribution in [-0.2, 0) is 6.42 Å². The molecule has 35 heavy (non-hydrogen) atoms. The lowest BCUT2D eigenvalue weighted by molar-refractivity contribution is 0.0748. The Hall–Kier alpha value is -3.77. The molecule has 0 N–H and O–H groups in total. The maximum absolute atomic E-state index is 13.7. The molecule has 2 aromatic heterocycles. The van der Waals surface area contributed by atoms with Crippen LogP contribution in [-0.4, -0.2) is 47.0 Å². The van der Waals surface area contributed by atoms with Gasteiger partial charge in [0, 0.05) is 37.1 Å². The summed E-state index contributed by atoms with van der Waals surface area (Å²) in [4.78, 5) is 27.8. The smallest absolute Gasteiger partial charge is 0.254 e. The van der Waals surface area contributed by atoms with Crippen LogP contribution in [0.25, 0.3) is 32.4 Å². The minimum absolute atomic E-state index is 0.0676. The van der Waals surface area contributed by atoms with E-state index in [-0.39, 0.29) is 5.91 Å². The summed E-state index contributed by atoms with van der Waals surface area (Å²) in [5.41, 5.74) is 5.81. The Bertz CT molecular complexity index is 1520. The molecule has 1 amide bonds. The van der Waals surface area contributed by atoms with Crippen LogP contribution < -0.4 is 4.90 Å². The summed E-state index contributed by atoms with van der Waals surface area (Å²) in [5.74, 6) is 0.0676. The van der Waals surface area contributed by atoms with Gasteiger partial charge in [0.2, 0.25) is 0 Å². The van der Waals surface area contributed by atoms with E-state index in [9.17, 15) is 4.79 Å². The highest BCUT2D eigenvalue weighted by Gasteiger charge is 2.26. The van der Waals surface area contributed by atoms with E-state index in [1.807, 2.05) is 65.6 Å². The van der Waals surface area contributed by atoms with Gasteiger partial charge in [0.05, 0.1) is 27.0 Å². The Kier molecular flexibility index (Phi) is 5.66. The largest absolute Gasteiger partial charge is 0.345 e. The van der Waals surface area contributed by atoms with Crippen molar-refractivity contribution in [2.75, 3.05) is 31.1 Å². The number of pyridine rings is 1.